The molecule has 0 radical (unpaired) electrons. The molecule has 0 spiro atoms. The summed E-state index contributed by atoms with van der Waals surface area (Å²) in [6.45, 7) is 1.94. The van der Waals surface area contributed by atoms with Crippen molar-refractivity contribution >= 4 is 11.6 Å². The third kappa shape index (κ3) is 2.43. The highest BCUT2D eigenvalue weighted by Gasteiger charge is 2.17. The first-order valence-electron chi connectivity index (χ1n) is 6.14. The van der Waals surface area contributed by atoms with Gasteiger partial charge in [-0.3, -0.25) is 10.0 Å². The van der Waals surface area contributed by atoms with E-state index in [4.69, 9.17) is 5.21 Å². The zero-order valence-corrected chi connectivity index (χ0v) is 11.2. The minimum absolute atomic E-state index is 0.429. The summed E-state index contributed by atoms with van der Waals surface area (Å²) in [5, 5.41) is 22.9. The fourth-order valence-corrected chi connectivity index (χ4v) is 2.19. The Kier molecular flexibility index (Phi) is 4.21. The average Bonchev–Trinajstić information content (AvgIpc) is 2.53. The van der Waals surface area contributed by atoms with Gasteiger partial charge in [0.2, 0.25) is 0 Å². The first-order chi connectivity index (χ1) is 9.72. The van der Waals surface area contributed by atoms with Crippen molar-refractivity contribution < 1.29 is 10.0 Å². The second-order valence-corrected chi connectivity index (χ2v) is 4.09. The maximum absolute atomic E-state index is 11.7. The van der Waals surface area contributed by atoms with Crippen LogP contribution in [0.5, 0.6) is 0 Å². The Morgan fingerprint density at radius 1 is 1.30 bits per heavy atom. The van der Waals surface area contributed by atoms with Gasteiger partial charge in [0.15, 0.2) is 0 Å². The number of carbonyl (C=O) groups is 1. The minimum atomic E-state index is -0.532. The molecule has 0 aliphatic carbocycles. The number of rotatable bonds is 4. The fraction of sp³-hybridized carbons (Fsp3) is 0.231. The highest BCUT2D eigenvalue weighted by Crippen LogP contribution is 2.32. The van der Waals surface area contributed by atoms with Crippen molar-refractivity contribution in [1.29, 1.82) is 0 Å². The standard InChI is InChI=1S/C13H15N5O2/c1-3-9-11(13(19)17-20)5-4-10(12(9)14-2)8-6-15-18-16-7-8/h4-7,14,20H,3H2,1-2H3,(H,17,19). The molecule has 0 saturated carbocycles. The molecule has 2 aromatic rings. The van der Waals surface area contributed by atoms with Gasteiger partial charge in [-0.15, -0.1) is 10.2 Å². The Morgan fingerprint density at radius 3 is 2.55 bits per heavy atom. The Bertz CT molecular complexity index is 616. The van der Waals surface area contributed by atoms with Crippen LogP contribution >= 0.6 is 0 Å². The van der Waals surface area contributed by atoms with E-state index >= 15 is 0 Å². The summed E-state index contributed by atoms with van der Waals surface area (Å²) in [4.78, 5) is 11.7. The second kappa shape index (κ2) is 6.07. The molecule has 1 aromatic carbocycles. The van der Waals surface area contributed by atoms with Gasteiger partial charge in [-0.25, -0.2) is 5.48 Å². The first-order valence-corrected chi connectivity index (χ1v) is 6.14. The molecule has 0 unspecified atom stereocenters. The number of carbonyl (C=O) groups excluding carboxylic acids is 1. The highest BCUT2D eigenvalue weighted by atomic mass is 16.5. The molecular weight excluding hydrogens is 258 g/mol. The topological polar surface area (TPSA) is 100 Å². The monoisotopic (exact) mass is 273 g/mol. The molecule has 7 heteroatoms. The van der Waals surface area contributed by atoms with Crippen LogP contribution < -0.4 is 10.8 Å². The normalized spacial score (nSPS) is 10.2. The van der Waals surface area contributed by atoms with Crippen molar-refractivity contribution in [3.63, 3.8) is 0 Å². The summed E-state index contributed by atoms with van der Waals surface area (Å²) in [7, 11) is 1.78. The third-order valence-electron chi connectivity index (χ3n) is 3.07. The van der Waals surface area contributed by atoms with Gasteiger partial charge in [-0.2, -0.15) is 0 Å². The Morgan fingerprint density at radius 2 is 2.00 bits per heavy atom. The SMILES string of the molecule is CCc1c(C(=O)NO)ccc(-c2cnnnc2)c1NC. The number of hydrogen-bond donors (Lipinski definition) is 3. The van der Waals surface area contributed by atoms with E-state index in [2.05, 4.69) is 20.7 Å². The maximum Gasteiger partial charge on any atom is 0.274 e. The lowest BCUT2D eigenvalue weighted by Crippen LogP contribution is -2.21. The van der Waals surface area contributed by atoms with Gasteiger partial charge in [0.05, 0.1) is 12.4 Å². The number of hydroxylamine groups is 1. The Labute approximate surface area is 116 Å². The van der Waals surface area contributed by atoms with E-state index in [1.807, 2.05) is 6.92 Å². The van der Waals surface area contributed by atoms with Crippen molar-refractivity contribution in [2.45, 2.75) is 13.3 Å². The van der Waals surface area contributed by atoms with Crippen molar-refractivity contribution in [3.8, 4) is 11.1 Å². The summed E-state index contributed by atoms with van der Waals surface area (Å²) in [5.74, 6) is -0.532. The molecule has 0 fully saturated rings. The van der Waals surface area contributed by atoms with E-state index in [0.29, 0.717) is 12.0 Å². The number of amides is 1. The van der Waals surface area contributed by atoms with Crippen molar-refractivity contribution in [1.82, 2.24) is 20.9 Å². The minimum Gasteiger partial charge on any atom is -0.387 e. The van der Waals surface area contributed by atoms with E-state index in [9.17, 15) is 4.79 Å². The number of hydrogen-bond acceptors (Lipinski definition) is 6. The Hall–Kier alpha value is -2.54. The molecule has 0 aliphatic heterocycles. The van der Waals surface area contributed by atoms with Gasteiger partial charge in [0.25, 0.3) is 5.91 Å². The lowest BCUT2D eigenvalue weighted by atomic mass is 9.95. The molecule has 0 bridgehead atoms. The van der Waals surface area contributed by atoms with Crippen LogP contribution in [0.15, 0.2) is 24.5 Å². The van der Waals surface area contributed by atoms with Crippen LogP contribution in [0.25, 0.3) is 11.1 Å². The third-order valence-corrected chi connectivity index (χ3v) is 3.07. The largest absolute Gasteiger partial charge is 0.387 e. The lowest BCUT2D eigenvalue weighted by Gasteiger charge is -2.16. The zero-order chi connectivity index (χ0) is 14.5. The summed E-state index contributed by atoms with van der Waals surface area (Å²) in [6, 6.07) is 3.45. The van der Waals surface area contributed by atoms with Gasteiger partial charge >= 0.3 is 0 Å². The fourth-order valence-electron chi connectivity index (χ4n) is 2.19. The molecule has 0 aliphatic rings. The van der Waals surface area contributed by atoms with Gasteiger partial charge in [-0.1, -0.05) is 13.0 Å². The molecule has 3 N–H and O–H groups in total. The number of nitrogens with one attached hydrogen (secondary N) is 2. The van der Waals surface area contributed by atoms with Gasteiger partial charge in [0, 0.05) is 29.4 Å². The number of benzene rings is 1. The van der Waals surface area contributed by atoms with Crippen LogP contribution in [-0.4, -0.2) is 33.6 Å². The predicted octanol–water partition coefficient (Wildman–Crippen LogP) is 1.26. The molecule has 0 saturated heterocycles. The summed E-state index contributed by atoms with van der Waals surface area (Å²) < 4.78 is 0. The van der Waals surface area contributed by atoms with Crippen LogP contribution in [0.2, 0.25) is 0 Å². The number of nitrogens with zero attached hydrogens (tertiary/aromatic N) is 3. The van der Waals surface area contributed by atoms with Crippen LogP contribution in [0.3, 0.4) is 0 Å². The summed E-state index contributed by atoms with van der Waals surface area (Å²) >= 11 is 0. The van der Waals surface area contributed by atoms with Crippen LogP contribution in [-0.2, 0) is 6.42 Å². The molecule has 104 valence electrons. The highest BCUT2D eigenvalue weighted by molar-refractivity contribution is 5.98. The molecular formula is C13H15N5O2. The molecule has 2 rings (SSSR count). The molecule has 20 heavy (non-hydrogen) atoms. The molecule has 1 heterocycles. The predicted molar refractivity (Wildman–Crippen MR) is 73.4 cm³/mol. The van der Waals surface area contributed by atoms with Crippen molar-refractivity contribution in [2.75, 3.05) is 12.4 Å². The van der Waals surface area contributed by atoms with Crippen molar-refractivity contribution in [3.05, 3.63) is 35.7 Å². The summed E-state index contributed by atoms with van der Waals surface area (Å²) in [6.07, 6.45) is 3.85. The van der Waals surface area contributed by atoms with Gasteiger partial charge in [0.1, 0.15) is 0 Å². The molecule has 1 aromatic heterocycles. The summed E-state index contributed by atoms with van der Waals surface area (Å²) in [5.41, 5.74) is 5.39. The number of aromatic nitrogens is 3. The number of anilines is 1. The second-order valence-electron chi connectivity index (χ2n) is 4.09. The van der Waals surface area contributed by atoms with Crippen LogP contribution in [0, 0.1) is 0 Å². The average molecular weight is 273 g/mol. The van der Waals surface area contributed by atoms with Crippen molar-refractivity contribution in [2.24, 2.45) is 0 Å². The first kappa shape index (κ1) is 13.9. The lowest BCUT2D eigenvalue weighted by molar-refractivity contribution is 0.0705. The quantitative estimate of drug-likeness (QED) is 0.573. The molecule has 1 amide bonds. The zero-order valence-electron chi connectivity index (χ0n) is 11.2. The van der Waals surface area contributed by atoms with Gasteiger partial charge < -0.3 is 5.32 Å². The Balaban J connectivity index is 2.64. The van der Waals surface area contributed by atoms with E-state index in [-0.39, 0.29) is 0 Å². The molecule has 0 atom stereocenters. The maximum atomic E-state index is 11.7. The van der Waals surface area contributed by atoms with E-state index in [0.717, 1.165) is 22.4 Å². The van der Waals surface area contributed by atoms with E-state index in [1.165, 1.54) is 0 Å². The smallest absolute Gasteiger partial charge is 0.274 e. The van der Waals surface area contributed by atoms with Gasteiger partial charge in [-0.05, 0) is 23.3 Å². The van der Waals surface area contributed by atoms with Crippen LogP contribution in [0.1, 0.15) is 22.8 Å². The molecule has 7 nitrogen and oxygen atoms in total. The van der Waals surface area contributed by atoms with Crippen LogP contribution in [0.4, 0.5) is 5.69 Å². The van der Waals surface area contributed by atoms with E-state index in [1.54, 1.807) is 37.1 Å². The van der Waals surface area contributed by atoms with E-state index < -0.39 is 5.91 Å².